The van der Waals surface area contributed by atoms with Gasteiger partial charge >= 0.3 is 0 Å². The zero-order valence-electron chi connectivity index (χ0n) is 10.0. The van der Waals surface area contributed by atoms with Gasteiger partial charge in [-0.15, -0.1) is 0 Å². The fourth-order valence-corrected chi connectivity index (χ4v) is 1.38. The predicted octanol–water partition coefficient (Wildman–Crippen LogP) is 3.91. The van der Waals surface area contributed by atoms with Gasteiger partial charge in [-0.3, -0.25) is 0 Å². The third-order valence-corrected chi connectivity index (χ3v) is 2.18. The van der Waals surface area contributed by atoms with Gasteiger partial charge in [0.25, 0.3) is 6.29 Å². The first-order valence-corrected chi connectivity index (χ1v) is 5.37. The fourth-order valence-electron chi connectivity index (χ4n) is 1.38. The zero-order valence-corrected chi connectivity index (χ0v) is 10.0. The molecule has 84 valence electrons. The first-order valence-electron chi connectivity index (χ1n) is 5.37. The molecule has 0 N–H and O–H groups in total. The maximum atomic E-state index is 5.41. The van der Waals surface area contributed by atoms with E-state index in [0.29, 0.717) is 0 Å². The first-order chi connectivity index (χ1) is 7.08. The molecule has 0 aromatic rings. The van der Waals surface area contributed by atoms with E-state index in [9.17, 15) is 0 Å². The smallest absolute Gasteiger partial charge is 0.259 e. The SMILES string of the molecule is CC(C)=CCC/C(C)=C/C1OC=C(C)O1. The molecule has 1 atom stereocenters. The molecule has 1 aliphatic rings. The molecule has 0 saturated carbocycles. The molecule has 1 unspecified atom stereocenters. The Morgan fingerprint density at radius 2 is 2.13 bits per heavy atom. The predicted molar refractivity (Wildman–Crippen MR) is 62.1 cm³/mol. The van der Waals surface area contributed by atoms with Crippen LogP contribution in [0.4, 0.5) is 0 Å². The highest BCUT2D eigenvalue weighted by Crippen LogP contribution is 2.17. The molecule has 0 fully saturated rings. The molecule has 2 heteroatoms. The third-order valence-electron chi connectivity index (χ3n) is 2.18. The Labute approximate surface area is 92.3 Å². The van der Waals surface area contributed by atoms with Crippen LogP contribution in [-0.4, -0.2) is 6.29 Å². The Bertz CT molecular complexity index is 294. The standard InChI is InChI=1S/C13H20O2/c1-10(2)6-5-7-11(3)8-13-14-9-12(4)15-13/h6,8-9,13H,5,7H2,1-4H3/b11-8+. The lowest BCUT2D eigenvalue weighted by molar-refractivity contribution is 0.00912. The van der Waals surface area contributed by atoms with Crippen molar-refractivity contribution in [2.24, 2.45) is 0 Å². The molecule has 15 heavy (non-hydrogen) atoms. The van der Waals surface area contributed by atoms with Gasteiger partial charge < -0.3 is 9.47 Å². The van der Waals surface area contributed by atoms with Gasteiger partial charge in [0.05, 0.1) is 0 Å². The van der Waals surface area contributed by atoms with Gasteiger partial charge in [0.2, 0.25) is 0 Å². The molecule has 0 amide bonds. The van der Waals surface area contributed by atoms with E-state index in [0.717, 1.165) is 18.6 Å². The Morgan fingerprint density at radius 1 is 1.40 bits per heavy atom. The van der Waals surface area contributed by atoms with Crippen molar-refractivity contribution in [2.75, 3.05) is 0 Å². The van der Waals surface area contributed by atoms with Gasteiger partial charge in [0, 0.05) is 0 Å². The van der Waals surface area contributed by atoms with Crippen LogP contribution in [-0.2, 0) is 9.47 Å². The Morgan fingerprint density at radius 3 is 2.67 bits per heavy atom. The van der Waals surface area contributed by atoms with Crippen molar-refractivity contribution in [1.29, 1.82) is 0 Å². The highest BCUT2D eigenvalue weighted by Gasteiger charge is 2.13. The lowest BCUT2D eigenvalue weighted by Crippen LogP contribution is -2.04. The molecule has 1 heterocycles. The number of rotatable bonds is 4. The molecule has 0 spiro atoms. The third kappa shape index (κ3) is 4.73. The zero-order chi connectivity index (χ0) is 11.3. The molecule has 0 aliphatic carbocycles. The summed E-state index contributed by atoms with van der Waals surface area (Å²) in [4.78, 5) is 0. The topological polar surface area (TPSA) is 18.5 Å². The average Bonchev–Trinajstić information content (AvgIpc) is 2.50. The molecular formula is C13H20O2. The van der Waals surface area contributed by atoms with Crippen LogP contribution in [0.15, 0.2) is 35.3 Å². The molecule has 0 saturated heterocycles. The largest absolute Gasteiger partial charge is 0.455 e. The van der Waals surface area contributed by atoms with Gasteiger partial charge in [-0.05, 0) is 46.6 Å². The summed E-state index contributed by atoms with van der Waals surface area (Å²) in [5, 5.41) is 0. The molecule has 0 bridgehead atoms. The molecule has 0 aromatic heterocycles. The van der Waals surface area contributed by atoms with Gasteiger partial charge in [0.1, 0.15) is 12.0 Å². The van der Waals surface area contributed by atoms with Crippen molar-refractivity contribution < 1.29 is 9.47 Å². The van der Waals surface area contributed by atoms with Crippen molar-refractivity contribution in [3.63, 3.8) is 0 Å². The Balaban J connectivity index is 2.31. The van der Waals surface area contributed by atoms with E-state index in [1.165, 1.54) is 11.1 Å². The Hall–Kier alpha value is -1.18. The van der Waals surface area contributed by atoms with Crippen molar-refractivity contribution >= 4 is 0 Å². The van der Waals surface area contributed by atoms with Crippen LogP contribution in [0.25, 0.3) is 0 Å². The van der Waals surface area contributed by atoms with Crippen LogP contribution in [0.1, 0.15) is 40.5 Å². The first kappa shape index (κ1) is 11.9. The van der Waals surface area contributed by atoms with Gasteiger partial charge in [-0.1, -0.05) is 17.2 Å². The summed E-state index contributed by atoms with van der Waals surface area (Å²) >= 11 is 0. The maximum Gasteiger partial charge on any atom is 0.259 e. The quantitative estimate of drug-likeness (QED) is 0.652. The number of allylic oxidation sites excluding steroid dienone is 4. The van der Waals surface area contributed by atoms with Crippen LogP contribution < -0.4 is 0 Å². The van der Waals surface area contributed by atoms with Crippen LogP contribution in [0, 0.1) is 0 Å². The fraction of sp³-hybridized carbons (Fsp3) is 0.538. The van der Waals surface area contributed by atoms with Crippen LogP contribution in [0.2, 0.25) is 0 Å². The maximum absolute atomic E-state index is 5.41. The lowest BCUT2D eigenvalue weighted by Gasteiger charge is -2.07. The average molecular weight is 208 g/mol. The molecule has 2 nitrogen and oxygen atoms in total. The number of hydrogen-bond acceptors (Lipinski definition) is 2. The molecule has 0 aromatic carbocycles. The normalized spacial score (nSPS) is 20.4. The summed E-state index contributed by atoms with van der Waals surface area (Å²) in [5.74, 6) is 0.841. The van der Waals surface area contributed by atoms with E-state index in [-0.39, 0.29) is 6.29 Å². The summed E-state index contributed by atoms with van der Waals surface area (Å²) in [5.41, 5.74) is 2.68. The molecule has 1 aliphatic heterocycles. The summed E-state index contributed by atoms with van der Waals surface area (Å²) < 4.78 is 10.7. The molecular weight excluding hydrogens is 188 g/mol. The minimum Gasteiger partial charge on any atom is -0.455 e. The summed E-state index contributed by atoms with van der Waals surface area (Å²) in [6, 6.07) is 0. The second kappa shape index (κ2) is 5.64. The van der Waals surface area contributed by atoms with Crippen molar-refractivity contribution in [3.8, 4) is 0 Å². The second-order valence-electron chi connectivity index (χ2n) is 4.18. The number of hydrogen-bond donors (Lipinski definition) is 0. The van der Waals surface area contributed by atoms with E-state index < -0.39 is 0 Å². The van der Waals surface area contributed by atoms with Gasteiger partial charge in [0.15, 0.2) is 0 Å². The van der Waals surface area contributed by atoms with Gasteiger partial charge in [-0.25, -0.2) is 0 Å². The summed E-state index contributed by atoms with van der Waals surface area (Å²) in [6.45, 7) is 8.25. The summed E-state index contributed by atoms with van der Waals surface area (Å²) in [7, 11) is 0. The molecule has 1 rings (SSSR count). The van der Waals surface area contributed by atoms with Crippen LogP contribution in [0.5, 0.6) is 0 Å². The van der Waals surface area contributed by atoms with E-state index in [2.05, 4.69) is 26.8 Å². The van der Waals surface area contributed by atoms with Crippen LogP contribution >= 0.6 is 0 Å². The number of ether oxygens (including phenoxy) is 2. The lowest BCUT2D eigenvalue weighted by atomic mass is 10.1. The van der Waals surface area contributed by atoms with Gasteiger partial charge in [-0.2, -0.15) is 0 Å². The van der Waals surface area contributed by atoms with E-state index in [4.69, 9.17) is 9.47 Å². The van der Waals surface area contributed by atoms with Crippen molar-refractivity contribution in [3.05, 3.63) is 35.3 Å². The minimum atomic E-state index is -0.211. The monoisotopic (exact) mass is 208 g/mol. The van der Waals surface area contributed by atoms with Crippen LogP contribution in [0.3, 0.4) is 0 Å². The Kier molecular flexibility index (Phi) is 4.47. The minimum absolute atomic E-state index is 0.211. The van der Waals surface area contributed by atoms with E-state index in [1.54, 1.807) is 6.26 Å². The highest BCUT2D eigenvalue weighted by atomic mass is 16.7. The second-order valence-corrected chi connectivity index (χ2v) is 4.18. The van der Waals surface area contributed by atoms with E-state index >= 15 is 0 Å². The molecule has 0 radical (unpaired) electrons. The summed E-state index contributed by atoms with van der Waals surface area (Å²) in [6.07, 6.45) is 7.88. The van der Waals surface area contributed by atoms with E-state index in [1.807, 2.05) is 13.0 Å². The highest BCUT2D eigenvalue weighted by molar-refractivity contribution is 5.06. The van der Waals surface area contributed by atoms with Crippen molar-refractivity contribution in [1.82, 2.24) is 0 Å². The van der Waals surface area contributed by atoms with Crippen molar-refractivity contribution in [2.45, 2.75) is 46.8 Å².